The molecule has 0 fully saturated rings. The summed E-state index contributed by atoms with van der Waals surface area (Å²) in [5.74, 6) is 1.53. The molecule has 0 saturated heterocycles. The van der Waals surface area contributed by atoms with Gasteiger partial charge >= 0.3 is 0 Å². The Hall–Kier alpha value is -1.52. The minimum absolute atomic E-state index is 0.119. The first-order valence-corrected chi connectivity index (χ1v) is 7.35. The van der Waals surface area contributed by atoms with Gasteiger partial charge in [0.2, 0.25) is 0 Å². The smallest absolute Gasteiger partial charge is 0.162 e. The van der Waals surface area contributed by atoms with Crippen LogP contribution in [0.3, 0.4) is 0 Å². The number of hydrogen-bond acceptors (Lipinski definition) is 4. The van der Waals surface area contributed by atoms with E-state index in [0.717, 1.165) is 22.8 Å². The molecule has 1 aromatic carbocycles. The molecule has 1 atom stereocenters. The lowest BCUT2D eigenvalue weighted by Crippen LogP contribution is -2.17. The largest absolute Gasteiger partial charge is 0.490 e. The minimum Gasteiger partial charge on any atom is -0.490 e. The molecule has 0 aliphatic carbocycles. The summed E-state index contributed by atoms with van der Waals surface area (Å²) < 4.78 is 11.7. The molecule has 2 rings (SSSR count). The number of rotatable bonds is 7. The van der Waals surface area contributed by atoms with E-state index in [1.165, 1.54) is 0 Å². The first kappa shape index (κ1) is 13.9. The minimum atomic E-state index is -0.119. The highest BCUT2D eigenvalue weighted by molar-refractivity contribution is 7.10. The zero-order chi connectivity index (χ0) is 13.5. The number of para-hydroxylation sites is 2. The molecule has 2 N–H and O–H groups in total. The zero-order valence-corrected chi connectivity index (χ0v) is 11.9. The lowest BCUT2D eigenvalue weighted by molar-refractivity contribution is 0.201. The number of thiophene rings is 1. The van der Waals surface area contributed by atoms with Gasteiger partial charge in [-0.05, 0) is 30.0 Å². The van der Waals surface area contributed by atoms with Crippen molar-refractivity contribution in [3.63, 3.8) is 0 Å². The highest BCUT2D eigenvalue weighted by atomic mass is 32.1. The van der Waals surface area contributed by atoms with Crippen LogP contribution in [-0.2, 0) is 0 Å². The fraction of sp³-hybridized carbons (Fsp3) is 0.333. The molecule has 102 valence electrons. The summed E-state index contributed by atoms with van der Waals surface area (Å²) in [7, 11) is 0. The molecule has 1 unspecified atom stereocenters. The van der Waals surface area contributed by atoms with E-state index in [9.17, 15) is 0 Å². The first-order valence-electron chi connectivity index (χ1n) is 6.47. The van der Waals surface area contributed by atoms with Crippen molar-refractivity contribution < 1.29 is 9.47 Å². The molecule has 0 amide bonds. The molecular formula is C15H19NO2S. The van der Waals surface area contributed by atoms with Crippen LogP contribution < -0.4 is 15.2 Å². The second-order valence-corrected chi connectivity index (χ2v) is 5.13. The number of ether oxygens (including phenoxy) is 2. The van der Waals surface area contributed by atoms with Gasteiger partial charge in [-0.25, -0.2) is 0 Å². The summed E-state index contributed by atoms with van der Waals surface area (Å²) in [4.78, 5) is 1.13. The Bertz CT molecular complexity index is 485. The van der Waals surface area contributed by atoms with Gasteiger partial charge in [-0.3, -0.25) is 0 Å². The summed E-state index contributed by atoms with van der Waals surface area (Å²) in [5, 5.41) is 2.03. The van der Waals surface area contributed by atoms with Gasteiger partial charge in [0.15, 0.2) is 11.5 Å². The molecule has 1 aromatic heterocycles. The molecule has 2 aromatic rings. The van der Waals surface area contributed by atoms with Crippen molar-refractivity contribution in [2.75, 3.05) is 13.2 Å². The Labute approximate surface area is 118 Å². The van der Waals surface area contributed by atoms with Crippen LogP contribution >= 0.6 is 11.3 Å². The third kappa shape index (κ3) is 3.72. The molecule has 3 nitrogen and oxygen atoms in total. The summed E-state index contributed by atoms with van der Waals surface area (Å²) in [6.07, 6.45) is 0.853. The van der Waals surface area contributed by atoms with Crippen molar-refractivity contribution in [3.05, 3.63) is 46.7 Å². The molecule has 19 heavy (non-hydrogen) atoms. The average molecular weight is 277 g/mol. The van der Waals surface area contributed by atoms with Crippen molar-refractivity contribution in [1.82, 2.24) is 0 Å². The maximum Gasteiger partial charge on any atom is 0.162 e. The normalized spacial score (nSPS) is 12.1. The number of hydrogen-bond donors (Lipinski definition) is 1. The van der Waals surface area contributed by atoms with Crippen LogP contribution in [0.2, 0.25) is 0 Å². The van der Waals surface area contributed by atoms with Crippen molar-refractivity contribution in [1.29, 1.82) is 0 Å². The fourth-order valence-corrected chi connectivity index (χ4v) is 2.50. The predicted molar refractivity (Wildman–Crippen MR) is 79.0 cm³/mol. The van der Waals surface area contributed by atoms with Gasteiger partial charge in [-0.1, -0.05) is 25.1 Å². The fourth-order valence-electron chi connectivity index (χ4n) is 1.73. The quantitative estimate of drug-likeness (QED) is 0.840. The lowest BCUT2D eigenvalue weighted by atomic mass is 10.2. The highest BCUT2D eigenvalue weighted by Gasteiger charge is 2.15. The van der Waals surface area contributed by atoms with Gasteiger partial charge in [0.05, 0.1) is 6.61 Å². The van der Waals surface area contributed by atoms with E-state index < -0.39 is 0 Å². The van der Waals surface area contributed by atoms with Crippen LogP contribution in [0.5, 0.6) is 11.5 Å². The second kappa shape index (κ2) is 7.16. The molecule has 0 saturated carbocycles. The van der Waals surface area contributed by atoms with E-state index in [-0.39, 0.29) is 6.10 Å². The Morgan fingerprint density at radius 2 is 1.95 bits per heavy atom. The second-order valence-electron chi connectivity index (χ2n) is 4.15. The Morgan fingerprint density at radius 1 is 1.16 bits per heavy atom. The van der Waals surface area contributed by atoms with E-state index in [4.69, 9.17) is 15.2 Å². The lowest BCUT2D eigenvalue weighted by Gasteiger charge is -2.18. The van der Waals surface area contributed by atoms with Gasteiger partial charge < -0.3 is 15.2 Å². The Morgan fingerprint density at radius 3 is 2.58 bits per heavy atom. The van der Waals surface area contributed by atoms with Crippen LogP contribution in [0, 0.1) is 0 Å². The average Bonchev–Trinajstić information content (AvgIpc) is 2.97. The summed E-state index contributed by atoms with van der Waals surface area (Å²) in [6.45, 7) is 3.22. The van der Waals surface area contributed by atoms with Gasteiger partial charge in [0.25, 0.3) is 0 Å². The molecule has 0 bridgehead atoms. The summed E-state index contributed by atoms with van der Waals surface area (Å²) >= 11 is 1.65. The SMILES string of the molecule is CCCOc1ccccc1OC(CN)c1cccs1. The van der Waals surface area contributed by atoms with Crippen LogP contribution in [0.15, 0.2) is 41.8 Å². The molecule has 0 aliphatic heterocycles. The maximum atomic E-state index is 6.00. The standard InChI is InChI=1S/C15H19NO2S/c1-2-9-17-12-6-3-4-7-13(12)18-14(11-16)15-8-5-10-19-15/h3-8,10,14H,2,9,11,16H2,1H3. The first-order chi connectivity index (χ1) is 9.35. The molecule has 1 heterocycles. The zero-order valence-electron chi connectivity index (χ0n) is 11.0. The van der Waals surface area contributed by atoms with Crippen LogP contribution in [0.4, 0.5) is 0 Å². The van der Waals surface area contributed by atoms with Crippen LogP contribution in [0.1, 0.15) is 24.3 Å². The van der Waals surface area contributed by atoms with Crippen molar-refractivity contribution in [2.24, 2.45) is 5.73 Å². The van der Waals surface area contributed by atoms with E-state index in [2.05, 4.69) is 6.92 Å². The van der Waals surface area contributed by atoms with Gasteiger partial charge in [-0.15, -0.1) is 11.3 Å². The van der Waals surface area contributed by atoms with Crippen LogP contribution in [0.25, 0.3) is 0 Å². The number of benzene rings is 1. The Balaban J connectivity index is 2.13. The Kier molecular flexibility index (Phi) is 5.24. The topological polar surface area (TPSA) is 44.5 Å². The van der Waals surface area contributed by atoms with Gasteiger partial charge in [0, 0.05) is 11.4 Å². The monoisotopic (exact) mass is 277 g/mol. The van der Waals surface area contributed by atoms with E-state index >= 15 is 0 Å². The maximum absolute atomic E-state index is 6.00. The predicted octanol–water partition coefficient (Wildman–Crippen LogP) is 3.62. The highest BCUT2D eigenvalue weighted by Crippen LogP contribution is 2.32. The van der Waals surface area contributed by atoms with Crippen molar-refractivity contribution in [2.45, 2.75) is 19.4 Å². The molecule has 0 radical (unpaired) electrons. The molecule has 4 heteroatoms. The van der Waals surface area contributed by atoms with Crippen LogP contribution in [-0.4, -0.2) is 13.2 Å². The van der Waals surface area contributed by atoms with E-state index in [1.807, 2.05) is 41.8 Å². The third-order valence-electron chi connectivity index (χ3n) is 2.65. The summed E-state index contributed by atoms with van der Waals surface area (Å²) in [5.41, 5.74) is 5.80. The number of nitrogens with two attached hydrogens (primary N) is 1. The molecule has 0 spiro atoms. The van der Waals surface area contributed by atoms with Crippen molar-refractivity contribution >= 4 is 11.3 Å². The van der Waals surface area contributed by atoms with Crippen molar-refractivity contribution in [3.8, 4) is 11.5 Å². The van der Waals surface area contributed by atoms with Gasteiger partial charge in [-0.2, -0.15) is 0 Å². The molecular weight excluding hydrogens is 258 g/mol. The van der Waals surface area contributed by atoms with E-state index in [0.29, 0.717) is 13.2 Å². The summed E-state index contributed by atoms with van der Waals surface area (Å²) in [6, 6.07) is 11.8. The van der Waals surface area contributed by atoms with E-state index in [1.54, 1.807) is 11.3 Å². The molecule has 0 aliphatic rings. The third-order valence-corrected chi connectivity index (χ3v) is 3.62. The van der Waals surface area contributed by atoms with Gasteiger partial charge in [0.1, 0.15) is 6.10 Å².